The van der Waals surface area contributed by atoms with Crippen LogP contribution in [-0.2, 0) is 10.2 Å². The number of carbonyl (C=O) groups excluding carboxylic acids is 1. The highest BCUT2D eigenvalue weighted by molar-refractivity contribution is 14.1. The fraction of sp³-hybridized carbons (Fsp3) is 0.211. The first-order valence-electron chi connectivity index (χ1n) is 7.75. The van der Waals surface area contributed by atoms with Crippen LogP contribution in [0.3, 0.4) is 0 Å². The third-order valence-electron chi connectivity index (χ3n) is 4.32. The number of carbonyl (C=O) groups is 1. The largest absolute Gasteiger partial charge is 0.410 e. The normalized spacial score (nSPS) is 21.0. The number of anilines is 1. The van der Waals surface area contributed by atoms with Crippen LogP contribution in [0.1, 0.15) is 18.4 Å². The van der Waals surface area contributed by atoms with Gasteiger partial charge in [-0.05, 0) is 46.7 Å². The third-order valence-corrected chi connectivity index (χ3v) is 5.26. The summed E-state index contributed by atoms with van der Waals surface area (Å²) in [6.45, 7) is 0. The predicted molar refractivity (Wildman–Crippen MR) is 99.3 cm³/mol. The fourth-order valence-electron chi connectivity index (χ4n) is 3.17. The topological polar surface area (TPSA) is 29.1 Å². The zero-order chi connectivity index (χ0) is 18.1. The molecule has 1 aliphatic rings. The molecule has 6 heteroatoms. The van der Waals surface area contributed by atoms with Gasteiger partial charge in [0.1, 0.15) is 0 Å². The second kappa shape index (κ2) is 6.82. The van der Waals surface area contributed by atoms with Crippen LogP contribution in [0.4, 0.5) is 18.9 Å². The van der Waals surface area contributed by atoms with Crippen LogP contribution in [0.2, 0.25) is 0 Å². The molecule has 1 atom stereocenters. The SMILES string of the molecule is O=C1CCC=C(Nc2ccccc2I)C1(c1ccccc1)C(F)(F)F. The summed E-state index contributed by atoms with van der Waals surface area (Å²) < 4.78 is 43.6. The molecule has 0 spiro atoms. The first-order valence-corrected chi connectivity index (χ1v) is 8.83. The van der Waals surface area contributed by atoms with Crippen molar-refractivity contribution in [3.63, 3.8) is 0 Å². The molecule has 0 fully saturated rings. The lowest BCUT2D eigenvalue weighted by atomic mass is 9.69. The van der Waals surface area contributed by atoms with Gasteiger partial charge in [-0.25, -0.2) is 0 Å². The second-order valence-electron chi connectivity index (χ2n) is 5.80. The van der Waals surface area contributed by atoms with Gasteiger partial charge in [0.2, 0.25) is 0 Å². The van der Waals surface area contributed by atoms with Crippen molar-refractivity contribution in [2.75, 3.05) is 5.32 Å². The molecular formula is C19H15F3INO. The Morgan fingerprint density at radius 1 is 1.00 bits per heavy atom. The van der Waals surface area contributed by atoms with Crippen molar-refractivity contribution in [2.45, 2.75) is 24.4 Å². The Labute approximate surface area is 157 Å². The average Bonchev–Trinajstić information content (AvgIpc) is 2.57. The number of alkyl halides is 3. The Morgan fingerprint density at radius 2 is 1.64 bits per heavy atom. The molecule has 2 aromatic rings. The van der Waals surface area contributed by atoms with Gasteiger partial charge in [-0.3, -0.25) is 4.79 Å². The summed E-state index contributed by atoms with van der Waals surface area (Å²) in [6, 6.07) is 14.5. The number of nitrogens with one attached hydrogen (secondary N) is 1. The van der Waals surface area contributed by atoms with Crippen molar-refractivity contribution in [1.29, 1.82) is 0 Å². The van der Waals surface area contributed by atoms with Crippen molar-refractivity contribution in [1.82, 2.24) is 0 Å². The maximum absolute atomic E-state index is 14.3. The van der Waals surface area contributed by atoms with Gasteiger partial charge in [-0.1, -0.05) is 48.5 Å². The van der Waals surface area contributed by atoms with Crippen LogP contribution in [0.25, 0.3) is 0 Å². The van der Waals surface area contributed by atoms with E-state index in [1.807, 2.05) is 6.07 Å². The van der Waals surface area contributed by atoms with Crippen molar-refractivity contribution >= 4 is 34.1 Å². The molecule has 1 N–H and O–H groups in total. The summed E-state index contributed by atoms with van der Waals surface area (Å²) in [4.78, 5) is 12.6. The van der Waals surface area contributed by atoms with Gasteiger partial charge in [0.25, 0.3) is 0 Å². The number of allylic oxidation sites excluding steroid dienone is 2. The number of Topliss-reactive ketones (excluding diaryl/α,β-unsaturated/α-hetero) is 1. The van der Waals surface area contributed by atoms with Crippen molar-refractivity contribution in [3.05, 3.63) is 75.5 Å². The van der Waals surface area contributed by atoms with Crippen LogP contribution in [-0.4, -0.2) is 12.0 Å². The number of hydrogen-bond donors (Lipinski definition) is 1. The highest BCUT2D eigenvalue weighted by Gasteiger charge is 2.64. The van der Waals surface area contributed by atoms with Crippen LogP contribution >= 0.6 is 22.6 Å². The van der Waals surface area contributed by atoms with E-state index in [9.17, 15) is 18.0 Å². The fourth-order valence-corrected chi connectivity index (χ4v) is 3.69. The van der Waals surface area contributed by atoms with E-state index in [-0.39, 0.29) is 24.1 Å². The lowest BCUT2D eigenvalue weighted by Crippen LogP contribution is -2.53. The highest BCUT2D eigenvalue weighted by atomic mass is 127. The minimum atomic E-state index is -4.75. The van der Waals surface area contributed by atoms with Gasteiger partial charge < -0.3 is 5.32 Å². The summed E-state index contributed by atoms with van der Waals surface area (Å²) in [6.07, 6.45) is -3.10. The molecule has 1 aliphatic carbocycles. The Hall–Kier alpha value is -1.83. The van der Waals surface area contributed by atoms with E-state index in [1.165, 1.54) is 30.3 Å². The maximum Gasteiger partial charge on any atom is 0.410 e. The van der Waals surface area contributed by atoms with Crippen LogP contribution in [0.15, 0.2) is 66.4 Å². The van der Waals surface area contributed by atoms with Gasteiger partial charge in [0.15, 0.2) is 11.2 Å². The van der Waals surface area contributed by atoms with E-state index in [0.29, 0.717) is 5.69 Å². The molecule has 130 valence electrons. The van der Waals surface area contributed by atoms with Crippen LogP contribution < -0.4 is 5.32 Å². The molecule has 0 saturated carbocycles. The first kappa shape index (κ1) is 18.0. The highest BCUT2D eigenvalue weighted by Crippen LogP contribution is 2.50. The molecule has 0 saturated heterocycles. The van der Waals surface area contributed by atoms with E-state index in [4.69, 9.17) is 0 Å². The summed E-state index contributed by atoms with van der Waals surface area (Å²) in [5, 5.41) is 2.89. The van der Waals surface area contributed by atoms with Crippen molar-refractivity contribution in [3.8, 4) is 0 Å². The molecule has 0 aliphatic heterocycles. The number of benzene rings is 2. The zero-order valence-electron chi connectivity index (χ0n) is 13.1. The van der Waals surface area contributed by atoms with Gasteiger partial charge in [-0.15, -0.1) is 0 Å². The van der Waals surface area contributed by atoms with Crippen molar-refractivity contribution in [2.24, 2.45) is 0 Å². The van der Waals surface area contributed by atoms with Gasteiger partial charge >= 0.3 is 6.18 Å². The molecule has 1 unspecified atom stereocenters. The molecule has 0 radical (unpaired) electrons. The molecule has 0 aromatic heterocycles. The zero-order valence-corrected chi connectivity index (χ0v) is 15.3. The predicted octanol–water partition coefficient (Wildman–Crippen LogP) is 5.45. The molecule has 0 amide bonds. The summed E-state index contributed by atoms with van der Waals surface area (Å²) in [7, 11) is 0. The minimum Gasteiger partial charge on any atom is -0.357 e. The number of hydrogen-bond acceptors (Lipinski definition) is 2. The number of rotatable bonds is 3. The number of para-hydroxylation sites is 1. The third kappa shape index (κ3) is 3.07. The average molecular weight is 457 g/mol. The standard InChI is InChI=1S/C19H15F3INO/c20-19(21,22)18(13-7-2-1-3-8-13)16(11-6-12-17(18)25)24-15-10-5-4-9-14(15)23/h1-5,7-11,24H,6,12H2. The summed E-state index contributed by atoms with van der Waals surface area (Å²) in [5.74, 6) is -0.831. The summed E-state index contributed by atoms with van der Waals surface area (Å²) >= 11 is 2.05. The van der Waals surface area contributed by atoms with E-state index >= 15 is 0 Å². The van der Waals surface area contributed by atoms with E-state index < -0.39 is 17.4 Å². The quantitative estimate of drug-likeness (QED) is 0.622. The second-order valence-corrected chi connectivity index (χ2v) is 6.96. The maximum atomic E-state index is 14.3. The Bertz CT molecular complexity index is 817. The lowest BCUT2D eigenvalue weighted by molar-refractivity contribution is -0.185. The molecule has 25 heavy (non-hydrogen) atoms. The molecule has 2 aromatic carbocycles. The van der Waals surface area contributed by atoms with Gasteiger partial charge in [0, 0.05) is 15.7 Å². The minimum absolute atomic E-state index is 0.0584. The van der Waals surface area contributed by atoms with E-state index in [1.54, 1.807) is 24.3 Å². The Kier molecular flexibility index (Phi) is 4.90. The van der Waals surface area contributed by atoms with Crippen LogP contribution in [0, 0.1) is 3.57 Å². The summed E-state index contributed by atoms with van der Waals surface area (Å²) in [5.41, 5.74) is -2.29. The smallest absolute Gasteiger partial charge is 0.357 e. The molecule has 0 heterocycles. The Balaban J connectivity index is 2.19. The molecule has 3 rings (SSSR count). The number of ketones is 1. The van der Waals surface area contributed by atoms with Gasteiger partial charge in [-0.2, -0.15) is 13.2 Å². The monoisotopic (exact) mass is 457 g/mol. The first-order chi connectivity index (χ1) is 11.9. The molecule has 2 nitrogen and oxygen atoms in total. The van der Waals surface area contributed by atoms with Crippen LogP contribution in [0.5, 0.6) is 0 Å². The lowest BCUT2D eigenvalue weighted by Gasteiger charge is -2.39. The number of halogens is 4. The molecule has 0 bridgehead atoms. The van der Waals surface area contributed by atoms with E-state index in [0.717, 1.165) is 3.57 Å². The van der Waals surface area contributed by atoms with E-state index in [2.05, 4.69) is 27.9 Å². The van der Waals surface area contributed by atoms with Crippen molar-refractivity contribution < 1.29 is 18.0 Å². The van der Waals surface area contributed by atoms with Gasteiger partial charge in [0.05, 0.1) is 5.69 Å². The Morgan fingerprint density at radius 3 is 2.28 bits per heavy atom. The molecular weight excluding hydrogens is 442 g/mol.